The van der Waals surface area contributed by atoms with Gasteiger partial charge < -0.3 is 9.47 Å². The molecular formula is C20H17N4O2S+. The van der Waals surface area contributed by atoms with Crippen molar-refractivity contribution in [2.75, 3.05) is 18.4 Å². The summed E-state index contributed by atoms with van der Waals surface area (Å²) in [5.41, 5.74) is 3.92. The van der Waals surface area contributed by atoms with Gasteiger partial charge in [-0.25, -0.2) is 0 Å². The molecule has 1 aliphatic rings. The first-order chi connectivity index (χ1) is 13.3. The minimum absolute atomic E-state index is 0.263. The molecule has 134 valence electrons. The van der Waals surface area contributed by atoms with Gasteiger partial charge in [0.15, 0.2) is 17.2 Å². The Hall–Kier alpha value is -3.19. The summed E-state index contributed by atoms with van der Waals surface area (Å²) in [6.07, 6.45) is 7.59. The number of thioether (sulfide) groups is 1. The van der Waals surface area contributed by atoms with E-state index in [2.05, 4.69) is 50.2 Å². The molecule has 6 nitrogen and oxygen atoms in total. The maximum Gasteiger partial charge on any atom is 0.271 e. The van der Waals surface area contributed by atoms with Crippen molar-refractivity contribution in [3.8, 4) is 22.8 Å². The summed E-state index contributed by atoms with van der Waals surface area (Å²) >= 11 is 1.73. The molecule has 4 aromatic rings. The number of ether oxygens (including phenoxy) is 2. The topological polar surface area (TPSA) is 63.3 Å². The Labute approximate surface area is 160 Å². The smallest absolute Gasteiger partial charge is 0.271 e. The summed E-state index contributed by atoms with van der Waals surface area (Å²) in [7, 11) is 0. The molecule has 27 heavy (non-hydrogen) atoms. The summed E-state index contributed by atoms with van der Waals surface area (Å²) in [4.78, 5) is 8.92. The molecule has 0 fully saturated rings. The van der Waals surface area contributed by atoms with Crippen LogP contribution in [0.25, 0.3) is 16.9 Å². The second-order valence-electron chi connectivity index (χ2n) is 6.10. The fourth-order valence-electron chi connectivity index (χ4n) is 3.16. The van der Waals surface area contributed by atoms with E-state index >= 15 is 0 Å². The lowest BCUT2D eigenvalue weighted by molar-refractivity contribution is -0.494. The van der Waals surface area contributed by atoms with Crippen LogP contribution in [0.2, 0.25) is 0 Å². The quantitative estimate of drug-likeness (QED) is 0.416. The average Bonchev–Trinajstić information content (AvgIpc) is 3.33. The van der Waals surface area contributed by atoms with Gasteiger partial charge >= 0.3 is 0 Å². The van der Waals surface area contributed by atoms with E-state index in [1.807, 2.05) is 30.6 Å². The van der Waals surface area contributed by atoms with E-state index in [0.717, 1.165) is 39.9 Å². The molecule has 0 radical (unpaired) electrons. The van der Waals surface area contributed by atoms with Crippen LogP contribution in [0.3, 0.4) is 0 Å². The van der Waals surface area contributed by atoms with Crippen molar-refractivity contribution in [2.24, 2.45) is 0 Å². The summed E-state index contributed by atoms with van der Waals surface area (Å²) in [6, 6.07) is 14.3. The SMILES string of the molecule is CSc1ccc(-c2[nH]c3cncc[n+]3c2Nc2ccc3c(c2)OCO3)cc1. The van der Waals surface area contributed by atoms with Crippen LogP contribution in [0.1, 0.15) is 0 Å². The molecule has 0 bridgehead atoms. The van der Waals surface area contributed by atoms with Crippen molar-refractivity contribution < 1.29 is 13.9 Å². The zero-order chi connectivity index (χ0) is 18.2. The Bertz CT molecular complexity index is 1120. The summed E-state index contributed by atoms with van der Waals surface area (Å²) in [6.45, 7) is 0.263. The largest absolute Gasteiger partial charge is 0.454 e. The molecule has 5 rings (SSSR count). The van der Waals surface area contributed by atoms with Crippen LogP contribution in [0, 0.1) is 0 Å². The maximum atomic E-state index is 5.50. The number of imidazole rings is 1. The average molecular weight is 377 g/mol. The number of hydrogen-bond donors (Lipinski definition) is 2. The number of fused-ring (bicyclic) bond motifs is 2. The second-order valence-corrected chi connectivity index (χ2v) is 6.98. The number of benzene rings is 2. The molecule has 7 heteroatoms. The monoisotopic (exact) mass is 377 g/mol. The van der Waals surface area contributed by atoms with Crippen molar-refractivity contribution in [3.05, 3.63) is 61.1 Å². The second kappa shape index (κ2) is 6.51. The van der Waals surface area contributed by atoms with Crippen molar-refractivity contribution in [3.63, 3.8) is 0 Å². The fraction of sp³-hybridized carbons (Fsp3) is 0.100. The van der Waals surface area contributed by atoms with E-state index in [1.54, 1.807) is 18.0 Å². The summed E-state index contributed by atoms with van der Waals surface area (Å²) < 4.78 is 13.0. The molecule has 0 unspecified atom stereocenters. The van der Waals surface area contributed by atoms with E-state index in [1.165, 1.54) is 4.90 Å². The van der Waals surface area contributed by atoms with Gasteiger partial charge in [0.2, 0.25) is 12.4 Å². The van der Waals surface area contributed by atoms with Gasteiger partial charge in [0.05, 0.1) is 12.4 Å². The minimum Gasteiger partial charge on any atom is -0.454 e. The van der Waals surface area contributed by atoms with Gasteiger partial charge in [-0.1, -0.05) is 12.1 Å². The van der Waals surface area contributed by atoms with Gasteiger partial charge in [0.25, 0.3) is 5.82 Å². The lowest BCUT2D eigenvalue weighted by Gasteiger charge is -2.04. The fourth-order valence-corrected chi connectivity index (χ4v) is 3.57. The normalized spacial score (nSPS) is 12.5. The van der Waals surface area contributed by atoms with E-state index in [4.69, 9.17) is 9.47 Å². The van der Waals surface area contributed by atoms with E-state index in [-0.39, 0.29) is 6.79 Å². The van der Waals surface area contributed by atoms with Gasteiger partial charge in [-0.2, -0.15) is 4.40 Å². The molecular weight excluding hydrogens is 360 g/mol. The van der Waals surface area contributed by atoms with Crippen LogP contribution in [-0.4, -0.2) is 23.0 Å². The summed E-state index contributed by atoms with van der Waals surface area (Å²) in [5.74, 6) is 2.45. The van der Waals surface area contributed by atoms with Crippen LogP contribution in [0.15, 0.2) is 66.0 Å². The van der Waals surface area contributed by atoms with E-state index in [9.17, 15) is 0 Å². The van der Waals surface area contributed by atoms with Crippen molar-refractivity contribution >= 4 is 28.9 Å². The Morgan fingerprint density at radius 2 is 1.96 bits per heavy atom. The maximum absolute atomic E-state index is 5.50. The third-order valence-corrected chi connectivity index (χ3v) is 5.25. The predicted molar refractivity (Wildman–Crippen MR) is 105 cm³/mol. The van der Waals surface area contributed by atoms with Gasteiger partial charge in [0.1, 0.15) is 11.9 Å². The Balaban J connectivity index is 1.61. The number of anilines is 2. The van der Waals surface area contributed by atoms with Gasteiger partial charge in [0, 0.05) is 16.5 Å². The van der Waals surface area contributed by atoms with Crippen LogP contribution < -0.4 is 19.2 Å². The lowest BCUT2D eigenvalue weighted by Crippen LogP contribution is -2.22. The number of nitrogens with one attached hydrogen (secondary N) is 2. The zero-order valence-electron chi connectivity index (χ0n) is 14.6. The molecule has 0 amide bonds. The molecule has 2 aromatic carbocycles. The first-order valence-corrected chi connectivity index (χ1v) is 9.73. The number of aromatic nitrogens is 3. The van der Waals surface area contributed by atoms with E-state index in [0.29, 0.717) is 0 Å². The molecule has 0 spiro atoms. The first kappa shape index (κ1) is 16.0. The van der Waals surface area contributed by atoms with Gasteiger partial charge in [-0.05, 0) is 30.5 Å². The number of hydrogen-bond acceptors (Lipinski definition) is 5. The molecule has 2 N–H and O–H groups in total. The van der Waals surface area contributed by atoms with Crippen LogP contribution >= 0.6 is 11.8 Å². The molecule has 0 saturated carbocycles. The third-order valence-electron chi connectivity index (χ3n) is 4.50. The van der Waals surface area contributed by atoms with Crippen molar-refractivity contribution in [1.82, 2.24) is 9.97 Å². The number of aromatic amines is 1. The highest BCUT2D eigenvalue weighted by Gasteiger charge is 2.22. The zero-order valence-corrected chi connectivity index (χ0v) is 15.4. The number of rotatable bonds is 4. The van der Waals surface area contributed by atoms with Crippen LogP contribution in [0.4, 0.5) is 11.5 Å². The molecule has 3 heterocycles. The highest BCUT2D eigenvalue weighted by molar-refractivity contribution is 7.98. The van der Waals surface area contributed by atoms with Crippen LogP contribution in [0.5, 0.6) is 11.5 Å². The Morgan fingerprint density at radius 3 is 2.81 bits per heavy atom. The molecule has 1 aliphatic heterocycles. The highest BCUT2D eigenvalue weighted by Crippen LogP contribution is 2.36. The van der Waals surface area contributed by atoms with Crippen molar-refractivity contribution in [1.29, 1.82) is 0 Å². The van der Waals surface area contributed by atoms with Gasteiger partial charge in [-0.3, -0.25) is 15.3 Å². The van der Waals surface area contributed by atoms with E-state index < -0.39 is 0 Å². The molecule has 0 saturated heterocycles. The predicted octanol–water partition coefficient (Wildman–Crippen LogP) is 4.01. The van der Waals surface area contributed by atoms with Crippen LogP contribution in [-0.2, 0) is 0 Å². The molecule has 0 atom stereocenters. The standard InChI is InChI=1S/C20H16N4O2S/c1-27-15-5-2-13(3-6-15)19-20(24-9-8-21-11-18(24)23-19)22-14-4-7-16-17(10-14)26-12-25-16/h2-11H,12H2,1H3,(H,21,22)/p+1. The number of nitrogens with zero attached hydrogens (tertiary/aromatic N) is 2. The van der Waals surface area contributed by atoms with Crippen molar-refractivity contribution in [2.45, 2.75) is 4.90 Å². The lowest BCUT2D eigenvalue weighted by atomic mass is 10.1. The molecule has 2 aromatic heterocycles. The third kappa shape index (κ3) is 2.86. The number of H-pyrrole nitrogens is 1. The first-order valence-electron chi connectivity index (χ1n) is 8.50. The highest BCUT2D eigenvalue weighted by atomic mass is 32.2. The Morgan fingerprint density at radius 1 is 1.11 bits per heavy atom. The Kier molecular flexibility index (Phi) is 3.86. The minimum atomic E-state index is 0.263. The summed E-state index contributed by atoms with van der Waals surface area (Å²) in [5, 5.41) is 3.52. The van der Waals surface area contributed by atoms with Gasteiger partial charge in [-0.15, -0.1) is 11.8 Å². The molecule has 0 aliphatic carbocycles.